The minimum Gasteiger partial charge on any atom is -0.493 e. The molecule has 2 unspecified atom stereocenters. The normalized spacial score (nSPS) is 18.4. The van der Waals surface area contributed by atoms with Crippen LogP contribution in [0.1, 0.15) is 34.9 Å². The van der Waals surface area contributed by atoms with E-state index in [-0.39, 0.29) is 12.5 Å². The molecule has 2 aromatic carbocycles. The molecule has 1 aliphatic heterocycles. The Morgan fingerprint density at radius 3 is 2.65 bits per heavy atom. The van der Waals surface area contributed by atoms with E-state index >= 15 is 0 Å². The smallest absolute Gasteiger partial charge is 0.122 e. The van der Waals surface area contributed by atoms with Crippen molar-refractivity contribution >= 4 is 0 Å². The molecule has 1 aliphatic rings. The van der Waals surface area contributed by atoms with Gasteiger partial charge in [-0.2, -0.15) is 0 Å². The molecule has 0 saturated carbocycles. The number of benzene rings is 2. The lowest BCUT2D eigenvalue weighted by Crippen LogP contribution is -2.11. The van der Waals surface area contributed by atoms with Gasteiger partial charge in [0.2, 0.25) is 0 Å². The van der Waals surface area contributed by atoms with Crippen molar-refractivity contribution in [2.45, 2.75) is 25.2 Å². The summed E-state index contributed by atoms with van der Waals surface area (Å²) < 4.78 is 5.73. The van der Waals surface area contributed by atoms with Crippen LogP contribution in [0.5, 0.6) is 5.75 Å². The molecule has 0 bridgehead atoms. The highest BCUT2D eigenvalue weighted by Crippen LogP contribution is 2.39. The highest BCUT2D eigenvalue weighted by atomic mass is 16.5. The lowest BCUT2D eigenvalue weighted by Gasteiger charge is -2.18. The largest absolute Gasteiger partial charge is 0.493 e. The zero-order chi connectivity index (χ0) is 13.9. The highest BCUT2D eigenvalue weighted by Gasteiger charge is 2.26. The van der Waals surface area contributed by atoms with Crippen molar-refractivity contribution in [3.05, 3.63) is 65.2 Å². The van der Waals surface area contributed by atoms with E-state index in [1.807, 2.05) is 12.1 Å². The van der Waals surface area contributed by atoms with Crippen molar-refractivity contribution in [3.8, 4) is 5.75 Å². The second-order valence-corrected chi connectivity index (χ2v) is 5.57. The number of hydrogen-bond donors (Lipinski definition) is 1. The van der Waals surface area contributed by atoms with Crippen LogP contribution in [-0.2, 0) is 0 Å². The Morgan fingerprint density at radius 1 is 1.15 bits per heavy atom. The third-order valence-electron chi connectivity index (χ3n) is 4.14. The minimum atomic E-state index is 0.176. The van der Waals surface area contributed by atoms with Crippen molar-refractivity contribution in [1.29, 1.82) is 0 Å². The summed E-state index contributed by atoms with van der Waals surface area (Å²) in [5.41, 5.74) is 3.74. The summed E-state index contributed by atoms with van der Waals surface area (Å²) >= 11 is 0. The Balaban J connectivity index is 1.78. The number of aliphatic hydroxyl groups excluding tert-OH is 1. The van der Waals surface area contributed by atoms with Gasteiger partial charge in [0, 0.05) is 24.0 Å². The Labute approximate surface area is 120 Å². The molecular weight excluding hydrogens is 248 g/mol. The number of hydrogen-bond acceptors (Lipinski definition) is 2. The number of aryl methyl sites for hydroxylation is 1. The van der Waals surface area contributed by atoms with Gasteiger partial charge >= 0.3 is 0 Å². The summed E-state index contributed by atoms with van der Waals surface area (Å²) in [6, 6.07) is 16.7. The number of ether oxygens (including phenoxy) is 1. The molecule has 1 heterocycles. The first-order valence-electron chi connectivity index (χ1n) is 7.17. The van der Waals surface area contributed by atoms with Gasteiger partial charge in [-0.3, -0.25) is 0 Å². The Kier molecular flexibility index (Phi) is 3.75. The molecule has 0 amide bonds. The quantitative estimate of drug-likeness (QED) is 0.917. The van der Waals surface area contributed by atoms with Gasteiger partial charge in [-0.15, -0.1) is 0 Å². The van der Waals surface area contributed by atoms with E-state index in [9.17, 15) is 5.11 Å². The topological polar surface area (TPSA) is 29.5 Å². The summed E-state index contributed by atoms with van der Waals surface area (Å²) in [4.78, 5) is 0. The lowest BCUT2D eigenvalue weighted by molar-refractivity contribution is 0.243. The molecule has 20 heavy (non-hydrogen) atoms. The van der Waals surface area contributed by atoms with Gasteiger partial charge < -0.3 is 9.84 Å². The first-order valence-corrected chi connectivity index (χ1v) is 7.17. The summed E-state index contributed by atoms with van der Waals surface area (Å²) in [6.45, 7) is 2.99. The SMILES string of the molecule is Cc1ccc(C(CO)CC2COc3ccccc32)cc1. The standard InChI is InChI=1S/C18H20O2/c1-13-6-8-14(9-7-13)15(11-19)10-16-12-20-18-5-3-2-4-17(16)18/h2-9,15-16,19H,10-12H2,1H3. The lowest BCUT2D eigenvalue weighted by atomic mass is 9.86. The van der Waals surface area contributed by atoms with Crippen LogP contribution in [0.3, 0.4) is 0 Å². The molecule has 104 valence electrons. The number of rotatable bonds is 4. The molecule has 1 N–H and O–H groups in total. The Morgan fingerprint density at radius 2 is 1.90 bits per heavy atom. The maximum Gasteiger partial charge on any atom is 0.122 e. The van der Waals surface area contributed by atoms with Crippen LogP contribution in [-0.4, -0.2) is 18.3 Å². The third-order valence-corrected chi connectivity index (χ3v) is 4.14. The molecule has 0 spiro atoms. The molecule has 3 rings (SSSR count). The van der Waals surface area contributed by atoms with Crippen molar-refractivity contribution in [2.75, 3.05) is 13.2 Å². The average Bonchev–Trinajstić information content (AvgIpc) is 2.89. The Bertz CT molecular complexity index is 574. The van der Waals surface area contributed by atoms with Crippen molar-refractivity contribution in [1.82, 2.24) is 0 Å². The zero-order valence-corrected chi connectivity index (χ0v) is 11.8. The fourth-order valence-electron chi connectivity index (χ4n) is 2.92. The molecular formula is C18H20O2. The maximum atomic E-state index is 9.72. The van der Waals surface area contributed by atoms with Gasteiger partial charge in [0.25, 0.3) is 0 Å². The third kappa shape index (κ3) is 2.56. The zero-order valence-electron chi connectivity index (χ0n) is 11.8. The van der Waals surface area contributed by atoms with E-state index in [1.54, 1.807) is 0 Å². The van der Waals surface area contributed by atoms with Crippen molar-refractivity contribution in [3.63, 3.8) is 0 Å². The van der Waals surface area contributed by atoms with E-state index in [0.717, 1.165) is 18.8 Å². The van der Waals surface area contributed by atoms with Crippen LogP contribution in [0.15, 0.2) is 48.5 Å². The van der Waals surface area contributed by atoms with Crippen LogP contribution in [0.4, 0.5) is 0 Å². The van der Waals surface area contributed by atoms with Crippen LogP contribution < -0.4 is 4.74 Å². The molecule has 0 aromatic heterocycles. The first kappa shape index (κ1) is 13.2. The molecule has 2 heteroatoms. The van der Waals surface area contributed by atoms with E-state index in [2.05, 4.69) is 43.3 Å². The minimum absolute atomic E-state index is 0.176. The van der Waals surface area contributed by atoms with Crippen molar-refractivity contribution in [2.24, 2.45) is 0 Å². The van der Waals surface area contributed by atoms with Crippen molar-refractivity contribution < 1.29 is 9.84 Å². The fourth-order valence-corrected chi connectivity index (χ4v) is 2.92. The number of para-hydroxylation sites is 1. The molecule has 2 nitrogen and oxygen atoms in total. The van der Waals surface area contributed by atoms with E-state index in [4.69, 9.17) is 4.74 Å². The molecule has 0 aliphatic carbocycles. The molecule has 0 radical (unpaired) electrons. The second-order valence-electron chi connectivity index (χ2n) is 5.57. The van der Waals surface area contributed by atoms with Gasteiger partial charge in [-0.05, 0) is 25.0 Å². The van der Waals surface area contributed by atoms with Gasteiger partial charge in [0.05, 0.1) is 6.61 Å². The fraction of sp³-hybridized carbons (Fsp3) is 0.333. The van der Waals surface area contributed by atoms with Gasteiger partial charge in [0.15, 0.2) is 0 Å². The number of fused-ring (bicyclic) bond motifs is 1. The summed E-state index contributed by atoms with van der Waals surface area (Å²) in [7, 11) is 0. The highest BCUT2D eigenvalue weighted by molar-refractivity contribution is 5.40. The average molecular weight is 268 g/mol. The van der Waals surface area contributed by atoms with Crippen LogP contribution in [0.25, 0.3) is 0 Å². The monoisotopic (exact) mass is 268 g/mol. The van der Waals surface area contributed by atoms with Crippen LogP contribution in [0.2, 0.25) is 0 Å². The molecule has 0 saturated heterocycles. The van der Waals surface area contributed by atoms with E-state index in [0.29, 0.717) is 5.92 Å². The first-order chi connectivity index (χ1) is 9.78. The van der Waals surface area contributed by atoms with E-state index < -0.39 is 0 Å². The number of aliphatic hydroxyl groups is 1. The van der Waals surface area contributed by atoms with Gasteiger partial charge in [0.1, 0.15) is 5.75 Å². The van der Waals surface area contributed by atoms with E-state index in [1.165, 1.54) is 16.7 Å². The molecule has 0 fully saturated rings. The van der Waals surface area contributed by atoms with Crippen LogP contribution >= 0.6 is 0 Å². The summed E-state index contributed by atoms with van der Waals surface area (Å²) in [5.74, 6) is 1.55. The van der Waals surface area contributed by atoms with Gasteiger partial charge in [-0.1, -0.05) is 48.0 Å². The van der Waals surface area contributed by atoms with Crippen LogP contribution in [0, 0.1) is 6.92 Å². The predicted molar refractivity (Wildman–Crippen MR) is 80.3 cm³/mol. The van der Waals surface area contributed by atoms with Gasteiger partial charge in [-0.25, -0.2) is 0 Å². The molecule has 2 atom stereocenters. The Hall–Kier alpha value is -1.80. The summed E-state index contributed by atoms with van der Waals surface area (Å²) in [6.07, 6.45) is 0.927. The molecule has 2 aromatic rings. The second kappa shape index (κ2) is 5.68. The summed E-state index contributed by atoms with van der Waals surface area (Å²) in [5, 5.41) is 9.72. The predicted octanol–water partition coefficient (Wildman–Crippen LogP) is 3.64. The maximum absolute atomic E-state index is 9.72.